The van der Waals surface area contributed by atoms with Gasteiger partial charge in [-0.1, -0.05) is 17.7 Å². The first-order chi connectivity index (χ1) is 8.82. The lowest BCUT2D eigenvalue weighted by atomic mass is 10.0. The maximum absolute atomic E-state index is 13.8. The molecule has 2 aromatic rings. The molecular weight excluding hydrogens is 304 g/mol. The SMILES string of the molecule is O=C(c1cccc(C(F)(F)F)c1F)c1sccc1Cl. The molecule has 0 amide bonds. The molecule has 0 atom stereocenters. The van der Waals surface area contributed by atoms with Crippen LogP contribution in [0.15, 0.2) is 29.6 Å². The molecule has 0 aliphatic rings. The van der Waals surface area contributed by atoms with Crippen molar-refractivity contribution in [3.63, 3.8) is 0 Å². The van der Waals surface area contributed by atoms with Crippen LogP contribution in [-0.4, -0.2) is 5.78 Å². The van der Waals surface area contributed by atoms with Crippen molar-refractivity contribution < 1.29 is 22.4 Å². The van der Waals surface area contributed by atoms with Gasteiger partial charge in [-0.2, -0.15) is 13.2 Å². The highest BCUT2D eigenvalue weighted by molar-refractivity contribution is 7.13. The van der Waals surface area contributed by atoms with E-state index in [1.807, 2.05) is 0 Å². The first-order valence-electron chi connectivity index (χ1n) is 4.95. The van der Waals surface area contributed by atoms with E-state index in [0.717, 1.165) is 23.5 Å². The van der Waals surface area contributed by atoms with E-state index in [2.05, 4.69) is 0 Å². The smallest absolute Gasteiger partial charge is 0.288 e. The molecule has 0 aliphatic carbocycles. The summed E-state index contributed by atoms with van der Waals surface area (Å²) < 4.78 is 51.4. The Morgan fingerprint density at radius 1 is 1.21 bits per heavy atom. The van der Waals surface area contributed by atoms with Crippen molar-refractivity contribution in [3.05, 3.63) is 56.5 Å². The molecule has 0 bridgehead atoms. The monoisotopic (exact) mass is 308 g/mol. The summed E-state index contributed by atoms with van der Waals surface area (Å²) in [5, 5.41) is 1.59. The van der Waals surface area contributed by atoms with Gasteiger partial charge in [-0.3, -0.25) is 4.79 Å². The number of thiophene rings is 1. The molecule has 0 radical (unpaired) electrons. The summed E-state index contributed by atoms with van der Waals surface area (Å²) in [6.45, 7) is 0. The molecule has 0 unspecified atom stereocenters. The predicted octanol–water partition coefficient (Wildman–Crippen LogP) is 4.79. The third-order valence-corrected chi connectivity index (χ3v) is 3.71. The third-order valence-electron chi connectivity index (χ3n) is 2.37. The van der Waals surface area contributed by atoms with Crippen LogP contribution >= 0.6 is 22.9 Å². The fourth-order valence-corrected chi connectivity index (χ4v) is 2.60. The largest absolute Gasteiger partial charge is 0.419 e. The molecule has 0 N–H and O–H groups in total. The highest BCUT2D eigenvalue weighted by Crippen LogP contribution is 2.34. The van der Waals surface area contributed by atoms with E-state index in [1.165, 1.54) is 11.4 Å². The van der Waals surface area contributed by atoms with Crippen molar-refractivity contribution in [1.29, 1.82) is 0 Å². The van der Waals surface area contributed by atoms with E-state index in [1.54, 1.807) is 0 Å². The molecule has 0 saturated carbocycles. The number of alkyl halides is 3. The maximum Gasteiger partial charge on any atom is 0.419 e. The van der Waals surface area contributed by atoms with Gasteiger partial charge in [-0.15, -0.1) is 11.3 Å². The second-order valence-corrected chi connectivity index (χ2v) is 4.91. The first kappa shape index (κ1) is 14.0. The molecule has 0 saturated heterocycles. The van der Waals surface area contributed by atoms with Crippen molar-refractivity contribution in [3.8, 4) is 0 Å². The summed E-state index contributed by atoms with van der Waals surface area (Å²) in [4.78, 5) is 12.0. The number of halogens is 5. The van der Waals surface area contributed by atoms with Gasteiger partial charge in [0.15, 0.2) is 0 Å². The standard InChI is InChI=1S/C12H5ClF4OS/c13-8-4-5-19-11(8)10(18)6-2-1-3-7(9(6)14)12(15,16)17/h1-5H. The van der Waals surface area contributed by atoms with Gasteiger partial charge in [-0.25, -0.2) is 4.39 Å². The topological polar surface area (TPSA) is 17.1 Å². The number of carbonyl (C=O) groups is 1. The van der Waals surface area contributed by atoms with E-state index in [0.29, 0.717) is 6.07 Å². The van der Waals surface area contributed by atoms with Crippen LogP contribution in [-0.2, 0) is 6.18 Å². The Morgan fingerprint density at radius 2 is 1.89 bits per heavy atom. The van der Waals surface area contributed by atoms with Crippen molar-refractivity contribution in [1.82, 2.24) is 0 Å². The first-order valence-corrected chi connectivity index (χ1v) is 6.21. The van der Waals surface area contributed by atoms with Crippen molar-refractivity contribution in [2.45, 2.75) is 6.18 Å². The van der Waals surface area contributed by atoms with Gasteiger partial charge >= 0.3 is 6.18 Å². The van der Waals surface area contributed by atoms with Gasteiger partial charge in [0.05, 0.1) is 21.0 Å². The minimum absolute atomic E-state index is 0.0138. The number of hydrogen-bond donors (Lipinski definition) is 0. The van der Waals surface area contributed by atoms with Crippen molar-refractivity contribution in [2.75, 3.05) is 0 Å². The number of ketones is 1. The lowest BCUT2D eigenvalue weighted by Gasteiger charge is -2.10. The lowest BCUT2D eigenvalue weighted by molar-refractivity contribution is -0.140. The van der Waals surface area contributed by atoms with Crippen LogP contribution in [0.5, 0.6) is 0 Å². The molecule has 7 heteroatoms. The van der Waals surface area contributed by atoms with Crippen LogP contribution in [0, 0.1) is 5.82 Å². The van der Waals surface area contributed by atoms with Crippen molar-refractivity contribution >= 4 is 28.7 Å². The van der Waals surface area contributed by atoms with Crippen LogP contribution in [0.3, 0.4) is 0 Å². The second-order valence-electron chi connectivity index (χ2n) is 3.59. The number of rotatable bonds is 2. The van der Waals surface area contributed by atoms with Crippen molar-refractivity contribution in [2.24, 2.45) is 0 Å². The Morgan fingerprint density at radius 3 is 2.42 bits per heavy atom. The molecule has 2 rings (SSSR count). The maximum atomic E-state index is 13.8. The second kappa shape index (κ2) is 4.94. The van der Waals surface area contributed by atoms with E-state index in [-0.39, 0.29) is 9.90 Å². The summed E-state index contributed by atoms with van der Waals surface area (Å²) in [6, 6.07) is 4.00. The van der Waals surface area contributed by atoms with Gasteiger partial charge in [0.1, 0.15) is 5.82 Å². The fraction of sp³-hybridized carbons (Fsp3) is 0.0833. The molecule has 1 nitrogen and oxygen atoms in total. The minimum Gasteiger partial charge on any atom is -0.288 e. The third kappa shape index (κ3) is 2.64. The van der Waals surface area contributed by atoms with E-state index in [9.17, 15) is 22.4 Å². The fourth-order valence-electron chi connectivity index (χ4n) is 1.50. The summed E-state index contributed by atoms with van der Waals surface area (Å²) >= 11 is 6.66. The molecule has 1 heterocycles. The Labute approximate surface area is 114 Å². The quantitative estimate of drug-likeness (QED) is 0.576. The van der Waals surface area contributed by atoms with Crippen LogP contribution < -0.4 is 0 Å². The molecule has 100 valence electrons. The number of benzene rings is 1. The molecular formula is C12H5ClF4OS. The molecule has 0 spiro atoms. The van der Waals surface area contributed by atoms with Gasteiger partial charge in [0.25, 0.3) is 0 Å². The van der Waals surface area contributed by atoms with Crippen LogP contribution in [0.2, 0.25) is 5.02 Å². The molecule has 0 fully saturated rings. The van der Waals surface area contributed by atoms with E-state index in [4.69, 9.17) is 11.6 Å². The zero-order valence-electron chi connectivity index (χ0n) is 9.09. The van der Waals surface area contributed by atoms with Crippen LogP contribution in [0.25, 0.3) is 0 Å². The van der Waals surface area contributed by atoms with E-state index < -0.39 is 28.9 Å². The summed E-state index contributed by atoms with van der Waals surface area (Å²) in [6.07, 6.45) is -4.85. The Bertz CT molecular complexity index is 633. The molecule has 1 aromatic carbocycles. The van der Waals surface area contributed by atoms with Gasteiger partial charge in [0.2, 0.25) is 5.78 Å². The van der Waals surface area contributed by atoms with E-state index >= 15 is 0 Å². The average Bonchev–Trinajstić information content (AvgIpc) is 2.73. The van der Waals surface area contributed by atoms with Crippen LogP contribution in [0.4, 0.5) is 17.6 Å². The normalized spacial score (nSPS) is 11.6. The minimum atomic E-state index is -4.85. The van der Waals surface area contributed by atoms with Gasteiger partial charge in [-0.05, 0) is 23.6 Å². The Kier molecular flexibility index (Phi) is 3.64. The highest BCUT2D eigenvalue weighted by Gasteiger charge is 2.36. The summed E-state index contributed by atoms with van der Waals surface area (Å²) in [5.74, 6) is -2.44. The van der Waals surface area contributed by atoms with Crippen LogP contribution in [0.1, 0.15) is 20.8 Å². The number of hydrogen-bond acceptors (Lipinski definition) is 2. The van der Waals surface area contributed by atoms with Gasteiger partial charge in [0, 0.05) is 0 Å². The molecule has 1 aromatic heterocycles. The average molecular weight is 309 g/mol. The lowest BCUT2D eigenvalue weighted by Crippen LogP contribution is -2.12. The number of carbonyl (C=O) groups excluding carboxylic acids is 1. The zero-order chi connectivity index (χ0) is 14.2. The predicted molar refractivity (Wildman–Crippen MR) is 64.2 cm³/mol. The molecule has 0 aliphatic heterocycles. The highest BCUT2D eigenvalue weighted by atomic mass is 35.5. The Hall–Kier alpha value is -1.40. The Balaban J connectivity index is 2.53. The summed E-state index contributed by atoms with van der Waals surface area (Å²) in [7, 11) is 0. The molecule has 19 heavy (non-hydrogen) atoms. The zero-order valence-corrected chi connectivity index (χ0v) is 10.7. The van der Waals surface area contributed by atoms with Gasteiger partial charge < -0.3 is 0 Å². The summed E-state index contributed by atoms with van der Waals surface area (Å²) in [5.41, 5.74) is -2.11.